The minimum Gasteiger partial charge on any atom is -0.493 e. The van der Waals surface area contributed by atoms with Crippen molar-refractivity contribution in [3.05, 3.63) is 84.7 Å². The molecule has 5 nitrogen and oxygen atoms in total. The highest BCUT2D eigenvalue weighted by Gasteiger charge is 2.20. The number of para-hydroxylation sites is 5. The molecule has 0 fully saturated rings. The van der Waals surface area contributed by atoms with Gasteiger partial charge in [-0.2, -0.15) is 0 Å². The van der Waals surface area contributed by atoms with Gasteiger partial charge in [0.05, 0.1) is 24.7 Å². The predicted molar refractivity (Wildman–Crippen MR) is 118 cm³/mol. The molecule has 1 atom stereocenters. The zero-order valence-electron chi connectivity index (χ0n) is 17.3. The summed E-state index contributed by atoms with van der Waals surface area (Å²) in [5, 5.41) is 0. The molecule has 1 unspecified atom stereocenters. The third-order valence-corrected chi connectivity index (χ3v) is 5.01. The first-order valence-electron chi connectivity index (χ1n) is 10.2. The van der Waals surface area contributed by atoms with Crippen LogP contribution in [0.5, 0.6) is 17.2 Å². The van der Waals surface area contributed by atoms with E-state index in [1.165, 1.54) is 0 Å². The van der Waals surface area contributed by atoms with Gasteiger partial charge in [-0.05, 0) is 42.8 Å². The average molecular weight is 402 g/mol. The summed E-state index contributed by atoms with van der Waals surface area (Å²) in [5.41, 5.74) is 2.03. The van der Waals surface area contributed by atoms with Gasteiger partial charge in [-0.15, -0.1) is 0 Å². The molecule has 0 N–H and O–H groups in total. The Bertz CT molecular complexity index is 1090. The molecular formula is C25H26N2O3. The van der Waals surface area contributed by atoms with E-state index in [0.29, 0.717) is 13.2 Å². The first-order chi connectivity index (χ1) is 14.8. The van der Waals surface area contributed by atoms with Gasteiger partial charge in [0.2, 0.25) is 0 Å². The van der Waals surface area contributed by atoms with Crippen molar-refractivity contribution in [2.24, 2.45) is 0 Å². The van der Waals surface area contributed by atoms with Crippen molar-refractivity contribution in [1.29, 1.82) is 0 Å². The number of nitrogens with zero attached hydrogens (tertiary/aromatic N) is 2. The van der Waals surface area contributed by atoms with Crippen molar-refractivity contribution in [3.63, 3.8) is 0 Å². The summed E-state index contributed by atoms with van der Waals surface area (Å²) in [6.45, 7) is 3.26. The van der Waals surface area contributed by atoms with E-state index in [-0.39, 0.29) is 6.10 Å². The number of rotatable bonds is 9. The quantitative estimate of drug-likeness (QED) is 0.363. The Morgan fingerprint density at radius 1 is 0.867 bits per heavy atom. The third-order valence-electron chi connectivity index (χ3n) is 5.01. The Hall–Kier alpha value is -3.47. The van der Waals surface area contributed by atoms with Crippen LogP contribution in [0.15, 0.2) is 78.9 Å². The highest BCUT2D eigenvalue weighted by Crippen LogP contribution is 2.29. The summed E-state index contributed by atoms with van der Waals surface area (Å²) < 4.78 is 19.9. The monoisotopic (exact) mass is 402 g/mol. The Kier molecular flexibility index (Phi) is 6.18. The van der Waals surface area contributed by atoms with Gasteiger partial charge in [-0.3, -0.25) is 0 Å². The fourth-order valence-electron chi connectivity index (χ4n) is 3.54. The second-order valence-corrected chi connectivity index (χ2v) is 6.94. The van der Waals surface area contributed by atoms with Crippen molar-refractivity contribution >= 4 is 11.0 Å². The first kappa shape index (κ1) is 19.8. The molecule has 0 aliphatic carbocycles. The molecule has 4 aromatic rings. The molecule has 1 aromatic heterocycles. The van der Waals surface area contributed by atoms with Crippen LogP contribution >= 0.6 is 0 Å². The van der Waals surface area contributed by atoms with Gasteiger partial charge in [-0.1, -0.05) is 49.4 Å². The summed E-state index contributed by atoms with van der Waals surface area (Å²) in [4.78, 5) is 4.90. The van der Waals surface area contributed by atoms with Crippen LogP contribution in [0.4, 0.5) is 0 Å². The zero-order chi connectivity index (χ0) is 20.8. The van der Waals surface area contributed by atoms with Crippen molar-refractivity contribution < 1.29 is 14.2 Å². The number of aromatic nitrogens is 2. The predicted octanol–water partition coefficient (Wildman–Crippen LogP) is 5.65. The Balaban J connectivity index is 1.59. The van der Waals surface area contributed by atoms with Crippen LogP contribution in [0.2, 0.25) is 0 Å². The van der Waals surface area contributed by atoms with Gasteiger partial charge < -0.3 is 18.8 Å². The lowest BCUT2D eigenvalue weighted by Gasteiger charge is -2.19. The maximum absolute atomic E-state index is 6.28. The van der Waals surface area contributed by atoms with Crippen molar-refractivity contribution in [2.45, 2.75) is 26.0 Å². The lowest BCUT2D eigenvalue weighted by molar-refractivity contribution is 0.183. The zero-order valence-corrected chi connectivity index (χ0v) is 17.3. The van der Waals surface area contributed by atoms with Gasteiger partial charge in [-0.25, -0.2) is 4.98 Å². The molecule has 0 aliphatic rings. The van der Waals surface area contributed by atoms with E-state index in [0.717, 1.165) is 40.5 Å². The minimum atomic E-state index is -0.147. The largest absolute Gasteiger partial charge is 0.493 e. The molecule has 0 bridgehead atoms. The Morgan fingerprint density at radius 2 is 1.57 bits per heavy atom. The molecule has 5 heteroatoms. The summed E-state index contributed by atoms with van der Waals surface area (Å²) in [6, 6.07) is 25.7. The lowest BCUT2D eigenvalue weighted by Crippen LogP contribution is -2.17. The standard InChI is InChI=1S/C25H26N2O3/c1-3-22(30-19-11-5-4-6-12-19)25-26-20-13-7-8-14-21(20)27(25)17-18-29-24-16-10-9-15-23(24)28-2/h4-16,22H,3,17-18H2,1-2H3. The Labute approximate surface area is 176 Å². The van der Waals surface area contributed by atoms with Crippen molar-refractivity contribution in [2.75, 3.05) is 13.7 Å². The number of hydrogen-bond donors (Lipinski definition) is 0. The van der Waals surface area contributed by atoms with Crippen LogP contribution < -0.4 is 14.2 Å². The number of hydrogen-bond acceptors (Lipinski definition) is 4. The molecule has 30 heavy (non-hydrogen) atoms. The van der Waals surface area contributed by atoms with E-state index in [4.69, 9.17) is 19.2 Å². The van der Waals surface area contributed by atoms with Crippen LogP contribution in [0, 0.1) is 0 Å². The van der Waals surface area contributed by atoms with E-state index >= 15 is 0 Å². The van der Waals surface area contributed by atoms with E-state index in [2.05, 4.69) is 17.6 Å². The average Bonchev–Trinajstić information content (AvgIpc) is 3.17. The second-order valence-electron chi connectivity index (χ2n) is 6.94. The van der Waals surface area contributed by atoms with E-state index < -0.39 is 0 Å². The molecule has 0 saturated heterocycles. The number of imidazole rings is 1. The van der Waals surface area contributed by atoms with E-state index in [1.807, 2.05) is 72.8 Å². The molecule has 0 radical (unpaired) electrons. The fourth-order valence-corrected chi connectivity index (χ4v) is 3.54. The van der Waals surface area contributed by atoms with Crippen molar-refractivity contribution in [3.8, 4) is 17.2 Å². The van der Waals surface area contributed by atoms with Crippen LogP contribution in [0.3, 0.4) is 0 Å². The first-order valence-corrected chi connectivity index (χ1v) is 10.2. The van der Waals surface area contributed by atoms with Gasteiger partial charge >= 0.3 is 0 Å². The molecule has 3 aromatic carbocycles. The molecule has 0 amide bonds. The maximum Gasteiger partial charge on any atom is 0.161 e. The second kappa shape index (κ2) is 9.35. The van der Waals surface area contributed by atoms with Crippen LogP contribution in [-0.4, -0.2) is 23.3 Å². The topological polar surface area (TPSA) is 45.5 Å². The van der Waals surface area contributed by atoms with Crippen LogP contribution in [0.1, 0.15) is 25.3 Å². The molecule has 1 heterocycles. The van der Waals surface area contributed by atoms with Crippen LogP contribution in [0.25, 0.3) is 11.0 Å². The summed E-state index contributed by atoms with van der Waals surface area (Å²) >= 11 is 0. The number of ether oxygens (including phenoxy) is 3. The summed E-state index contributed by atoms with van der Waals surface area (Å²) in [5.74, 6) is 3.21. The Morgan fingerprint density at radius 3 is 2.33 bits per heavy atom. The molecule has 0 saturated carbocycles. The minimum absolute atomic E-state index is 0.147. The third kappa shape index (κ3) is 4.25. The van der Waals surface area contributed by atoms with Gasteiger partial charge in [0, 0.05) is 0 Å². The highest BCUT2D eigenvalue weighted by atomic mass is 16.5. The fraction of sp³-hybridized carbons (Fsp3) is 0.240. The van der Waals surface area contributed by atoms with E-state index in [1.54, 1.807) is 7.11 Å². The summed E-state index contributed by atoms with van der Waals surface area (Å²) in [6.07, 6.45) is 0.664. The number of fused-ring (bicyclic) bond motifs is 1. The van der Waals surface area contributed by atoms with E-state index in [9.17, 15) is 0 Å². The SMILES string of the molecule is CCC(Oc1ccccc1)c1nc2ccccc2n1CCOc1ccccc1OC. The lowest BCUT2D eigenvalue weighted by atomic mass is 10.2. The smallest absolute Gasteiger partial charge is 0.161 e. The van der Waals surface area contributed by atoms with Gasteiger partial charge in [0.25, 0.3) is 0 Å². The number of methoxy groups -OCH3 is 1. The molecule has 154 valence electrons. The normalized spacial score (nSPS) is 11.9. The molecular weight excluding hydrogens is 376 g/mol. The van der Waals surface area contributed by atoms with Gasteiger partial charge in [0.1, 0.15) is 12.4 Å². The maximum atomic E-state index is 6.28. The van der Waals surface area contributed by atoms with Crippen molar-refractivity contribution in [1.82, 2.24) is 9.55 Å². The number of benzene rings is 3. The molecule has 0 aliphatic heterocycles. The molecule has 4 rings (SSSR count). The van der Waals surface area contributed by atoms with Crippen LogP contribution in [-0.2, 0) is 6.54 Å². The molecule has 0 spiro atoms. The van der Waals surface area contributed by atoms with Gasteiger partial charge in [0.15, 0.2) is 23.4 Å². The summed E-state index contributed by atoms with van der Waals surface area (Å²) in [7, 11) is 1.65. The highest BCUT2D eigenvalue weighted by molar-refractivity contribution is 5.76.